The fraction of sp³-hybridized carbons (Fsp3) is 0.500. The van der Waals surface area contributed by atoms with Crippen molar-refractivity contribution in [2.24, 2.45) is 5.92 Å². The largest absolute Gasteiger partial charge is 0.444 e. The molecule has 0 radical (unpaired) electrons. The highest BCUT2D eigenvalue weighted by molar-refractivity contribution is 6.20. The number of carbonyl (C=O) groups excluding carboxylic acids is 4. The first kappa shape index (κ1) is 19.9. The number of imide groups is 1. The number of carbonyl (C=O) groups is 4. The van der Waals surface area contributed by atoms with Crippen LogP contribution in [0.25, 0.3) is 0 Å². The fourth-order valence-electron chi connectivity index (χ4n) is 3.42. The minimum absolute atomic E-state index is 0.216. The number of rotatable bonds is 3. The van der Waals surface area contributed by atoms with Gasteiger partial charge in [-0.2, -0.15) is 0 Å². The normalized spacial score (nSPS) is 21.9. The monoisotopic (exact) mass is 388 g/mol. The fourth-order valence-corrected chi connectivity index (χ4v) is 3.42. The molecule has 1 aromatic carbocycles. The van der Waals surface area contributed by atoms with Gasteiger partial charge in [-0.1, -0.05) is 23.6 Å². The van der Waals surface area contributed by atoms with Gasteiger partial charge >= 0.3 is 12.1 Å². The molecule has 1 fully saturated rings. The van der Waals surface area contributed by atoms with Crippen molar-refractivity contribution in [1.29, 1.82) is 0 Å². The molecule has 0 bridgehead atoms. The van der Waals surface area contributed by atoms with Crippen LogP contribution in [0.4, 0.5) is 4.79 Å². The van der Waals surface area contributed by atoms with Crippen LogP contribution in [0.1, 0.15) is 67.2 Å². The van der Waals surface area contributed by atoms with Gasteiger partial charge in [0, 0.05) is 6.04 Å². The number of fused-ring (bicyclic) bond motifs is 1. The first-order chi connectivity index (χ1) is 13.2. The minimum atomic E-state index is -0.648. The van der Waals surface area contributed by atoms with Crippen LogP contribution in [0.5, 0.6) is 0 Å². The van der Waals surface area contributed by atoms with Gasteiger partial charge in [-0.05, 0) is 52.2 Å². The molecule has 1 heterocycles. The van der Waals surface area contributed by atoms with Gasteiger partial charge < -0.3 is 14.9 Å². The zero-order valence-electron chi connectivity index (χ0n) is 16.2. The second kappa shape index (κ2) is 7.61. The molecule has 1 aliphatic carbocycles. The van der Waals surface area contributed by atoms with E-state index in [1.807, 2.05) is 0 Å². The quantitative estimate of drug-likeness (QED) is 0.799. The predicted octanol–water partition coefficient (Wildman–Crippen LogP) is 2.82. The van der Waals surface area contributed by atoms with Crippen molar-refractivity contribution in [2.75, 3.05) is 0 Å². The van der Waals surface area contributed by atoms with Gasteiger partial charge in [0.15, 0.2) is 0 Å². The zero-order valence-corrected chi connectivity index (χ0v) is 16.2. The van der Waals surface area contributed by atoms with E-state index in [1.54, 1.807) is 32.9 Å². The molecule has 3 rings (SSSR count). The summed E-state index contributed by atoms with van der Waals surface area (Å²) in [5.74, 6) is -2.45. The third-order valence-electron chi connectivity index (χ3n) is 4.67. The smallest absolute Gasteiger partial charge is 0.407 e. The third kappa shape index (κ3) is 4.32. The number of alkyl carbamates (subject to hydrolysis) is 1. The van der Waals surface area contributed by atoms with Gasteiger partial charge in [0.25, 0.3) is 11.8 Å². The van der Waals surface area contributed by atoms with Crippen molar-refractivity contribution in [3.8, 4) is 0 Å². The Bertz CT molecular complexity index is 778. The van der Waals surface area contributed by atoms with Crippen molar-refractivity contribution in [3.05, 3.63) is 35.4 Å². The molecule has 2 aliphatic rings. The lowest BCUT2D eigenvalue weighted by Crippen LogP contribution is -2.43. The maximum absolute atomic E-state index is 12.5. The summed E-state index contributed by atoms with van der Waals surface area (Å²) in [7, 11) is 0. The van der Waals surface area contributed by atoms with E-state index in [0.717, 1.165) is 6.42 Å². The molecule has 2 atom stereocenters. The van der Waals surface area contributed by atoms with E-state index in [2.05, 4.69) is 5.32 Å². The van der Waals surface area contributed by atoms with Crippen molar-refractivity contribution < 1.29 is 28.8 Å². The molecule has 28 heavy (non-hydrogen) atoms. The summed E-state index contributed by atoms with van der Waals surface area (Å²) in [4.78, 5) is 54.3. The molecule has 0 saturated heterocycles. The summed E-state index contributed by atoms with van der Waals surface area (Å²) in [6, 6.07) is 6.09. The van der Waals surface area contributed by atoms with Gasteiger partial charge in [0.2, 0.25) is 0 Å². The Morgan fingerprint density at radius 1 is 1.07 bits per heavy atom. The van der Waals surface area contributed by atoms with Gasteiger partial charge in [0.05, 0.1) is 17.0 Å². The lowest BCUT2D eigenvalue weighted by atomic mass is 9.86. The summed E-state index contributed by atoms with van der Waals surface area (Å²) in [5, 5.41) is 3.29. The van der Waals surface area contributed by atoms with E-state index in [0.29, 0.717) is 24.3 Å². The first-order valence-electron chi connectivity index (χ1n) is 9.35. The predicted molar refractivity (Wildman–Crippen MR) is 98.1 cm³/mol. The zero-order chi connectivity index (χ0) is 20.5. The molecule has 8 nitrogen and oxygen atoms in total. The summed E-state index contributed by atoms with van der Waals surface area (Å²) in [6.45, 7) is 5.32. The summed E-state index contributed by atoms with van der Waals surface area (Å²) >= 11 is 0. The molecule has 0 aromatic heterocycles. The second-order valence-corrected chi connectivity index (χ2v) is 8.07. The Kier molecular flexibility index (Phi) is 5.40. The van der Waals surface area contributed by atoms with Crippen LogP contribution in [0.15, 0.2) is 24.3 Å². The van der Waals surface area contributed by atoms with Gasteiger partial charge in [-0.25, -0.2) is 9.59 Å². The highest BCUT2D eigenvalue weighted by Crippen LogP contribution is 2.28. The summed E-state index contributed by atoms with van der Waals surface area (Å²) in [5.41, 5.74) is -0.176. The number of amides is 3. The second-order valence-electron chi connectivity index (χ2n) is 8.07. The summed E-state index contributed by atoms with van der Waals surface area (Å²) in [6.07, 6.45) is 1.82. The topological polar surface area (TPSA) is 102 Å². The van der Waals surface area contributed by atoms with Crippen LogP contribution in [0, 0.1) is 5.92 Å². The average molecular weight is 388 g/mol. The first-order valence-corrected chi connectivity index (χ1v) is 9.35. The van der Waals surface area contributed by atoms with E-state index in [1.165, 1.54) is 12.1 Å². The lowest BCUT2D eigenvalue weighted by Gasteiger charge is -2.30. The van der Waals surface area contributed by atoms with Crippen LogP contribution >= 0.6 is 0 Å². The Labute approximate surface area is 163 Å². The molecule has 150 valence electrons. The minimum Gasteiger partial charge on any atom is -0.444 e. The Morgan fingerprint density at radius 2 is 1.68 bits per heavy atom. The molecule has 8 heteroatoms. The molecular weight excluding hydrogens is 364 g/mol. The van der Waals surface area contributed by atoms with Gasteiger partial charge in [-0.3, -0.25) is 9.59 Å². The van der Waals surface area contributed by atoms with E-state index in [-0.39, 0.29) is 17.2 Å². The van der Waals surface area contributed by atoms with Gasteiger partial charge in [-0.15, -0.1) is 0 Å². The number of hydrogen-bond donors (Lipinski definition) is 1. The average Bonchev–Trinajstić information content (AvgIpc) is 2.85. The molecular formula is C20H24N2O6. The van der Waals surface area contributed by atoms with Crippen molar-refractivity contribution in [3.63, 3.8) is 0 Å². The van der Waals surface area contributed by atoms with Crippen LogP contribution in [-0.4, -0.2) is 40.6 Å². The molecule has 1 aromatic rings. The number of nitrogens with one attached hydrogen (secondary N) is 1. The van der Waals surface area contributed by atoms with Crippen molar-refractivity contribution in [1.82, 2.24) is 10.4 Å². The van der Waals surface area contributed by atoms with Crippen LogP contribution in [-0.2, 0) is 14.4 Å². The highest BCUT2D eigenvalue weighted by Gasteiger charge is 2.40. The van der Waals surface area contributed by atoms with Crippen LogP contribution < -0.4 is 5.32 Å². The Morgan fingerprint density at radius 3 is 2.25 bits per heavy atom. The van der Waals surface area contributed by atoms with E-state index < -0.39 is 35.4 Å². The third-order valence-corrected chi connectivity index (χ3v) is 4.67. The molecule has 0 spiro atoms. The van der Waals surface area contributed by atoms with Crippen LogP contribution in [0.3, 0.4) is 0 Å². The highest BCUT2D eigenvalue weighted by atomic mass is 16.7. The number of nitrogens with zero attached hydrogens (tertiary/aromatic N) is 1. The molecule has 0 unspecified atom stereocenters. The lowest BCUT2D eigenvalue weighted by molar-refractivity contribution is -0.175. The van der Waals surface area contributed by atoms with Crippen LogP contribution in [0.2, 0.25) is 0 Å². The Balaban J connectivity index is 1.58. The number of ether oxygens (including phenoxy) is 1. The van der Waals surface area contributed by atoms with E-state index >= 15 is 0 Å². The number of hydrogen-bond acceptors (Lipinski definition) is 6. The molecule has 1 saturated carbocycles. The molecule has 1 aliphatic heterocycles. The van der Waals surface area contributed by atoms with Crippen molar-refractivity contribution in [2.45, 2.75) is 58.1 Å². The van der Waals surface area contributed by atoms with Crippen molar-refractivity contribution >= 4 is 23.9 Å². The maximum atomic E-state index is 12.5. The number of benzene rings is 1. The molecule has 1 N–H and O–H groups in total. The maximum Gasteiger partial charge on any atom is 0.407 e. The SMILES string of the molecule is CC(C)(C)OC(=O)N[C@@H]1CCC[C@@H](C(=O)ON2C(=O)c3ccccc3C2=O)C1. The van der Waals surface area contributed by atoms with E-state index in [9.17, 15) is 19.2 Å². The molecule has 3 amide bonds. The van der Waals surface area contributed by atoms with Gasteiger partial charge in [0.1, 0.15) is 5.60 Å². The summed E-state index contributed by atoms with van der Waals surface area (Å²) < 4.78 is 5.24. The van der Waals surface area contributed by atoms with E-state index in [4.69, 9.17) is 9.57 Å². The Hall–Kier alpha value is -2.90. The standard InChI is InChI=1S/C20H24N2O6/c1-20(2,3)27-19(26)21-13-8-6-7-12(11-13)18(25)28-22-16(23)14-9-4-5-10-15(14)17(22)24/h4-5,9-10,12-13H,6-8,11H2,1-3H3,(H,21,26)/t12-,13-/m1/s1. The number of hydroxylamine groups is 2.